The van der Waals surface area contributed by atoms with Gasteiger partial charge in [-0.05, 0) is 39.2 Å². The molecule has 0 aromatic carbocycles. The molecule has 0 unspecified atom stereocenters. The van der Waals surface area contributed by atoms with Crippen LogP contribution >= 0.6 is 11.3 Å². The highest BCUT2D eigenvalue weighted by atomic mass is 32.1. The van der Waals surface area contributed by atoms with Crippen LogP contribution in [0.15, 0.2) is 27.9 Å². The van der Waals surface area contributed by atoms with Crippen molar-refractivity contribution in [3.63, 3.8) is 0 Å². The smallest absolute Gasteiger partial charge is 0.399 e. The van der Waals surface area contributed by atoms with Crippen LogP contribution in [0, 0.1) is 0 Å². The van der Waals surface area contributed by atoms with Gasteiger partial charge < -0.3 is 14.3 Å². The second-order valence-electron chi connectivity index (χ2n) is 6.14. The van der Waals surface area contributed by atoms with Gasteiger partial charge in [-0.25, -0.2) is 4.98 Å². The molecule has 1 N–H and O–H groups in total. The van der Waals surface area contributed by atoms with Gasteiger partial charge in [0.25, 0.3) is 5.56 Å². The minimum absolute atomic E-state index is 0.166. The van der Waals surface area contributed by atoms with E-state index < -0.39 is 18.3 Å². The van der Waals surface area contributed by atoms with Crippen molar-refractivity contribution < 1.29 is 9.31 Å². The molecule has 1 fully saturated rings. The lowest BCUT2D eigenvalue weighted by molar-refractivity contribution is 0.00578. The quantitative estimate of drug-likeness (QED) is 0.859. The first kappa shape index (κ1) is 14.5. The van der Waals surface area contributed by atoms with Gasteiger partial charge in [0.15, 0.2) is 0 Å². The van der Waals surface area contributed by atoms with Crippen LogP contribution in [0.2, 0.25) is 0 Å². The fourth-order valence-electron chi connectivity index (χ4n) is 2.15. The molecule has 0 amide bonds. The number of aromatic amines is 1. The zero-order valence-corrected chi connectivity index (χ0v) is 13.3. The van der Waals surface area contributed by atoms with Crippen molar-refractivity contribution in [3.8, 4) is 11.3 Å². The lowest BCUT2D eigenvalue weighted by atomic mass is 9.79. The van der Waals surface area contributed by atoms with E-state index in [9.17, 15) is 4.79 Å². The van der Waals surface area contributed by atoms with Crippen LogP contribution in [0.3, 0.4) is 0 Å². The molecule has 0 bridgehead atoms. The standard InChI is InChI=1S/C14H17BN2O3S/c1-13(2)14(3,4)20-15(19-13)9-5-10(12(18)16-6-9)11-7-21-8-17-11/h5-8H,1-4H3,(H,16,18). The summed E-state index contributed by atoms with van der Waals surface area (Å²) in [6.07, 6.45) is 1.64. The van der Waals surface area contributed by atoms with Gasteiger partial charge in [0, 0.05) is 11.6 Å². The van der Waals surface area contributed by atoms with Crippen molar-refractivity contribution in [2.45, 2.75) is 38.9 Å². The first-order chi connectivity index (χ1) is 9.80. The van der Waals surface area contributed by atoms with E-state index in [-0.39, 0.29) is 5.56 Å². The van der Waals surface area contributed by atoms with Gasteiger partial charge in [-0.1, -0.05) is 0 Å². The minimum Gasteiger partial charge on any atom is -0.399 e. The van der Waals surface area contributed by atoms with Crippen LogP contribution in [0.25, 0.3) is 11.3 Å². The average Bonchev–Trinajstić information content (AvgIpc) is 2.97. The number of nitrogens with one attached hydrogen (secondary N) is 1. The number of nitrogens with zero attached hydrogens (tertiary/aromatic N) is 1. The fraction of sp³-hybridized carbons (Fsp3) is 0.429. The number of rotatable bonds is 2. The Morgan fingerprint density at radius 1 is 1.24 bits per heavy atom. The van der Waals surface area contributed by atoms with Crippen molar-refractivity contribution in [1.29, 1.82) is 0 Å². The lowest BCUT2D eigenvalue weighted by Crippen LogP contribution is -2.41. The van der Waals surface area contributed by atoms with E-state index in [0.717, 1.165) is 5.46 Å². The molecule has 0 atom stereocenters. The highest BCUT2D eigenvalue weighted by Crippen LogP contribution is 2.36. The Balaban J connectivity index is 1.99. The highest BCUT2D eigenvalue weighted by Gasteiger charge is 2.51. The summed E-state index contributed by atoms with van der Waals surface area (Å²) in [5.74, 6) is 0. The molecule has 0 saturated carbocycles. The van der Waals surface area contributed by atoms with Gasteiger partial charge in [0.2, 0.25) is 0 Å². The number of aromatic nitrogens is 2. The Morgan fingerprint density at radius 2 is 1.90 bits per heavy atom. The van der Waals surface area contributed by atoms with Crippen LogP contribution in [0.1, 0.15) is 27.7 Å². The molecule has 110 valence electrons. The van der Waals surface area contributed by atoms with Crippen LogP contribution in [0.4, 0.5) is 0 Å². The van der Waals surface area contributed by atoms with E-state index in [0.29, 0.717) is 11.3 Å². The molecule has 5 nitrogen and oxygen atoms in total. The highest BCUT2D eigenvalue weighted by molar-refractivity contribution is 7.07. The molecule has 0 spiro atoms. The van der Waals surface area contributed by atoms with E-state index in [4.69, 9.17) is 9.31 Å². The summed E-state index contributed by atoms with van der Waals surface area (Å²) in [5, 5.41) is 1.85. The van der Waals surface area contributed by atoms with E-state index >= 15 is 0 Å². The summed E-state index contributed by atoms with van der Waals surface area (Å²) in [4.78, 5) is 18.9. The molecule has 21 heavy (non-hydrogen) atoms. The Labute approximate surface area is 127 Å². The SMILES string of the molecule is CC1(C)OB(c2c[nH]c(=O)c(-c3cscn3)c2)OC1(C)C. The molecule has 0 aliphatic carbocycles. The van der Waals surface area contributed by atoms with Crippen molar-refractivity contribution in [1.82, 2.24) is 9.97 Å². The fourth-order valence-corrected chi connectivity index (χ4v) is 2.70. The van der Waals surface area contributed by atoms with E-state index in [2.05, 4.69) is 9.97 Å². The number of thiazole rings is 1. The number of hydrogen-bond donors (Lipinski definition) is 1. The largest absolute Gasteiger partial charge is 0.496 e. The summed E-state index contributed by atoms with van der Waals surface area (Å²) < 4.78 is 12.0. The molecule has 1 aliphatic heterocycles. The number of hydrogen-bond acceptors (Lipinski definition) is 5. The van der Waals surface area contributed by atoms with Gasteiger partial charge in [0.05, 0.1) is 28.0 Å². The maximum Gasteiger partial charge on any atom is 0.496 e. The van der Waals surface area contributed by atoms with Gasteiger partial charge in [0.1, 0.15) is 0 Å². The Bertz CT molecular complexity index is 693. The van der Waals surface area contributed by atoms with E-state index in [1.807, 2.05) is 33.1 Å². The zero-order chi connectivity index (χ0) is 15.3. The third-order valence-corrected chi connectivity index (χ3v) is 4.75. The lowest BCUT2D eigenvalue weighted by Gasteiger charge is -2.32. The normalized spacial score (nSPS) is 19.9. The maximum atomic E-state index is 12.0. The average molecular weight is 304 g/mol. The summed E-state index contributed by atoms with van der Waals surface area (Å²) in [6, 6.07) is 1.79. The molecule has 0 radical (unpaired) electrons. The molecule has 1 aliphatic rings. The Morgan fingerprint density at radius 3 is 2.48 bits per heavy atom. The van der Waals surface area contributed by atoms with Crippen molar-refractivity contribution in [2.24, 2.45) is 0 Å². The topological polar surface area (TPSA) is 64.2 Å². The summed E-state index contributed by atoms with van der Waals surface area (Å²) in [5.41, 5.74) is 2.71. The first-order valence-corrected chi connectivity index (χ1v) is 7.71. The van der Waals surface area contributed by atoms with E-state index in [1.54, 1.807) is 17.8 Å². The van der Waals surface area contributed by atoms with Crippen LogP contribution in [-0.2, 0) is 9.31 Å². The Kier molecular flexibility index (Phi) is 3.31. The molecule has 2 aromatic heterocycles. The summed E-state index contributed by atoms with van der Waals surface area (Å²) >= 11 is 1.45. The minimum atomic E-state index is -0.496. The molecule has 3 rings (SSSR count). The van der Waals surface area contributed by atoms with Crippen LogP contribution in [-0.4, -0.2) is 28.3 Å². The molecular weight excluding hydrogens is 287 g/mol. The summed E-state index contributed by atoms with van der Waals surface area (Å²) in [7, 11) is -0.496. The summed E-state index contributed by atoms with van der Waals surface area (Å²) in [6.45, 7) is 8.00. The van der Waals surface area contributed by atoms with Crippen molar-refractivity contribution in [3.05, 3.63) is 33.5 Å². The van der Waals surface area contributed by atoms with Crippen molar-refractivity contribution >= 4 is 23.9 Å². The second-order valence-corrected chi connectivity index (χ2v) is 6.86. The number of pyridine rings is 1. The van der Waals surface area contributed by atoms with Crippen LogP contribution < -0.4 is 11.0 Å². The molecule has 1 saturated heterocycles. The third kappa shape index (κ3) is 2.45. The number of H-pyrrole nitrogens is 1. The van der Waals surface area contributed by atoms with Crippen LogP contribution in [0.5, 0.6) is 0 Å². The second kappa shape index (κ2) is 4.79. The first-order valence-electron chi connectivity index (χ1n) is 6.77. The molecular formula is C14H17BN2O3S. The van der Waals surface area contributed by atoms with Gasteiger partial charge in [-0.2, -0.15) is 0 Å². The Hall–Kier alpha value is -1.44. The van der Waals surface area contributed by atoms with Crippen molar-refractivity contribution in [2.75, 3.05) is 0 Å². The predicted molar refractivity (Wildman–Crippen MR) is 83.9 cm³/mol. The molecule has 3 heterocycles. The monoisotopic (exact) mass is 304 g/mol. The van der Waals surface area contributed by atoms with E-state index in [1.165, 1.54) is 11.3 Å². The maximum absolute atomic E-state index is 12.0. The van der Waals surface area contributed by atoms with Gasteiger partial charge in [-0.15, -0.1) is 11.3 Å². The zero-order valence-electron chi connectivity index (χ0n) is 12.5. The molecule has 7 heteroatoms. The predicted octanol–water partition coefficient (Wildman–Crippen LogP) is 1.80. The third-order valence-electron chi connectivity index (χ3n) is 4.16. The molecule has 2 aromatic rings. The van der Waals surface area contributed by atoms with Gasteiger partial charge >= 0.3 is 7.12 Å². The van der Waals surface area contributed by atoms with Gasteiger partial charge in [-0.3, -0.25) is 4.79 Å².